The molecule has 0 saturated heterocycles. The van der Waals surface area contributed by atoms with Gasteiger partial charge in [0.1, 0.15) is 0 Å². The van der Waals surface area contributed by atoms with E-state index in [1.54, 1.807) is 0 Å². The van der Waals surface area contributed by atoms with Gasteiger partial charge in [0, 0.05) is 19.3 Å². The highest BCUT2D eigenvalue weighted by Gasteiger charge is 2.29. The molecule has 1 saturated carbocycles. The average molecular weight is 289 g/mol. The highest BCUT2D eigenvalue weighted by Crippen LogP contribution is 2.37. The minimum Gasteiger partial charge on any atom is -0.381 e. The summed E-state index contributed by atoms with van der Waals surface area (Å²) >= 11 is 0. The van der Waals surface area contributed by atoms with E-state index in [0.717, 1.165) is 25.0 Å². The van der Waals surface area contributed by atoms with Crippen molar-refractivity contribution < 1.29 is 4.74 Å². The fourth-order valence-electron chi connectivity index (χ4n) is 3.54. The van der Waals surface area contributed by atoms with Crippen molar-refractivity contribution in [2.24, 2.45) is 11.8 Å². The first-order valence-electron chi connectivity index (χ1n) is 8.50. The maximum absolute atomic E-state index is 5.80. The van der Waals surface area contributed by atoms with Crippen molar-refractivity contribution in [2.75, 3.05) is 20.3 Å². The van der Waals surface area contributed by atoms with Crippen molar-refractivity contribution in [3.8, 4) is 0 Å². The minimum atomic E-state index is 0.633. The lowest BCUT2D eigenvalue weighted by molar-refractivity contribution is 0.0854. The number of hydrogen-bond donors (Lipinski definition) is 1. The molecule has 0 amide bonds. The Morgan fingerprint density at radius 3 is 2.62 bits per heavy atom. The Hall–Kier alpha value is -0.860. The van der Waals surface area contributed by atoms with Crippen molar-refractivity contribution in [3.63, 3.8) is 0 Å². The Labute approximate surface area is 130 Å². The van der Waals surface area contributed by atoms with Gasteiger partial charge in [-0.05, 0) is 56.0 Å². The molecule has 0 aromatic heterocycles. The molecule has 1 aromatic carbocycles. The van der Waals surface area contributed by atoms with Crippen molar-refractivity contribution >= 4 is 0 Å². The summed E-state index contributed by atoms with van der Waals surface area (Å²) in [6.45, 7) is 6.21. The van der Waals surface area contributed by atoms with Crippen LogP contribution in [0.2, 0.25) is 0 Å². The molecule has 3 unspecified atom stereocenters. The van der Waals surface area contributed by atoms with E-state index >= 15 is 0 Å². The molecule has 2 rings (SSSR count). The number of hydrogen-bond acceptors (Lipinski definition) is 2. The van der Waals surface area contributed by atoms with Crippen LogP contribution in [0.25, 0.3) is 0 Å². The normalized spacial score (nSPS) is 26.2. The van der Waals surface area contributed by atoms with E-state index < -0.39 is 0 Å². The first-order chi connectivity index (χ1) is 10.2. The number of nitrogens with one attached hydrogen (secondary N) is 1. The second kappa shape index (κ2) is 8.55. The van der Waals surface area contributed by atoms with Gasteiger partial charge >= 0.3 is 0 Å². The summed E-state index contributed by atoms with van der Waals surface area (Å²) in [6.07, 6.45) is 5.06. The fraction of sp³-hybridized carbons (Fsp3) is 0.684. The van der Waals surface area contributed by atoms with Crippen molar-refractivity contribution in [1.29, 1.82) is 0 Å². The van der Waals surface area contributed by atoms with Crippen LogP contribution >= 0.6 is 0 Å². The van der Waals surface area contributed by atoms with Crippen molar-refractivity contribution in [1.82, 2.24) is 5.32 Å². The highest BCUT2D eigenvalue weighted by atomic mass is 16.5. The maximum Gasteiger partial charge on any atom is 0.0488 e. The van der Waals surface area contributed by atoms with Crippen LogP contribution in [-0.2, 0) is 4.74 Å². The number of rotatable bonds is 7. The van der Waals surface area contributed by atoms with Crippen molar-refractivity contribution in [2.45, 2.75) is 51.5 Å². The summed E-state index contributed by atoms with van der Waals surface area (Å²) in [5.41, 5.74) is 1.51. The molecule has 0 radical (unpaired) electrons. The van der Waals surface area contributed by atoms with Gasteiger partial charge in [-0.2, -0.15) is 0 Å². The molecule has 1 fully saturated rings. The second-order valence-corrected chi connectivity index (χ2v) is 6.83. The number of ether oxygens (including phenoxy) is 1. The zero-order valence-electron chi connectivity index (χ0n) is 13.8. The molecule has 1 aromatic rings. The molecular weight excluding hydrogens is 258 g/mol. The molecule has 1 aliphatic rings. The second-order valence-electron chi connectivity index (χ2n) is 6.83. The molecule has 3 atom stereocenters. The first kappa shape index (κ1) is 16.5. The Bertz CT molecular complexity index is 390. The molecule has 0 aliphatic heterocycles. The summed E-state index contributed by atoms with van der Waals surface area (Å²) in [7, 11) is 2.11. The molecule has 2 nitrogen and oxygen atoms in total. The van der Waals surface area contributed by atoms with E-state index in [1.807, 2.05) is 0 Å². The van der Waals surface area contributed by atoms with Gasteiger partial charge in [0.25, 0.3) is 0 Å². The SMILES string of the molecule is CNC1CCC(c2ccccc2)CC1CCOCC(C)C. The lowest BCUT2D eigenvalue weighted by Crippen LogP contribution is -2.38. The first-order valence-corrected chi connectivity index (χ1v) is 8.50. The van der Waals surface area contributed by atoms with E-state index in [-0.39, 0.29) is 0 Å². The molecule has 21 heavy (non-hydrogen) atoms. The maximum atomic E-state index is 5.80. The molecule has 2 heteroatoms. The quantitative estimate of drug-likeness (QED) is 0.759. The Morgan fingerprint density at radius 1 is 1.19 bits per heavy atom. The Balaban J connectivity index is 1.87. The smallest absolute Gasteiger partial charge is 0.0488 e. The van der Waals surface area contributed by atoms with Crippen LogP contribution in [-0.4, -0.2) is 26.3 Å². The van der Waals surface area contributed by atoms with Crippen LogP contribution in [0, 0.1) is 11.8 Å². The van der Waals surface area contributed by atoms with Crippen LogP contribution < -0.4 is 5.32 Å². The average Bonchev–Trinajstić information content (AvgIpc) is 2.52. The van der Waals surface area contributed by atoms with Crippen LogP contribution in [0.3, 0.4) is 0 Å². The van der Waals surface area contributed by atoms with Gasteiger partial charge in [0.05, 0.1) is 0 Å². The molecular formula is C19H31NO. The van der Waals surface area contributed by atoms with E-state index in [2.05, 4.69) is 56.5 Å². The van der Waals surface area contributed by atoms with Gasteiger partial charge in [0.2, 0.25) is 0 Å². The summed E-state index contributed by atoms with van der Waals surface area (Å²) in [4.78, 5) is 0. The predicted molar refractivity (Wildman–Crippen MR) is 89.6 cm³/mol. The van der Waals surface area contributed by atoms with Gasteiger partial charge in [-0.3, -0.25) is 0 Å². The molecule has 1 N–H and O–H groups in total. The van der Waals surface area contributed by atoms with Gasteiger partial charge in [0.15, 0.2) is 0 Å². The third-order valence-corrected chi connectivity index (χ3v) is 4.71. The van der Waals surface area contributed by atoms with Gasteiger partial charge in [-0.15, -0.1) is 0 Å². The lowest BCUT2D eigenvalue weighted by Gasteiger charge is -2.36. The fourth-order valence-corrected chi connectivity index (χ4v) is 3.54. The van der Waals surface area contributed by atoms with Gasteiger partial charge in [-0.1, -0.05) is 44.2 Å². The standard InChI is InChI=1S/C19H31NO/c1-15(2)14-21-12-11-18-13-17(9-10-19(18)20-3)16-7-5-4-6-8-16/h4-8,15,17-20H,9-14H2,1-3H3. The summed E-state index contributed by atoms with van der Waals surface area (Å²) in [6, 6.07) is 11.7. The zero-order valence-corrected chi connectivity index (χ0v) is 13.8. The largest absolute Gasteiger partial charge is 0.381 e. The predicted octanol–water partition coefficient (Wildman–Crippen LogP) is 4.22. The Kier molecular flexibility index (Phi) is 6.72. The third-order valence-electron chi connectivity index (χ3n) is 4.71. The molecule has 0 spiro atoms. The molecule has 118 valence electrons. The van der Waals surface area contributed by atoms with Crippen molar-refractivity contribution in [3.05, 3.63) is 35.9 Å². The van der Waals surface area contributed by atoms with Crippen LogP contribution in [0.15, 0.2) is 30.3 Å². The van der Waals surface area contributed by atoms with Gasteiger partial charge < -0.3 is 10.1 Å². The number of benzene rings is 1. The van der Waals surface area contributed by atoms with Crippen LogP contribution in [0.4, 0.5) is 0 Å². The molecule has 0 bridgehead atoms. The highest BCUT2D eigenvalue weighted by molar-refractivity contribution is 5.20. The summed E-state index contributed by atoms with van der Waals surface area (Å²) in [5.74, 6) is 2.10. The third kappa shape index (κ3) is 5.12. The van der Waals surface area contributed by atoms with E-state index in [1.165, 1.54) is 31.2 Å². The zero-order chi connectivity index (χ0) is 15.1. The van der Waals surface area contributed by atoms with E-state index in [0.29, 0.717) is 12.0 Å². The Morgan fingerprint density at radius 2 is 1.95 bits per heavy atom. The summed E-state index contributed by atoms with van der Waals surface area (Å²) in [5, 5.41) is 3.52. The van der Waals surface area contributed by atoms with Gasteiger partial charge in [-0.25, -0.2) is 0 Å². The molecule has 1 aliphatic carbocycles. The monoisotopic (exact) mass is 289 g/mol. The van der Waals surface area contributed by atoms with Crippen LogP contribution in [0.5, 0.6) is 0 Å². The summed E-state index contributed by atoms with van der Waals surface area (Å²) < 4.78 is 5.80. The minimum absolute atomic E-state index is 0.633. The van der Waals surface area contributed by atoms with E-state index in [4.69, 9.17) is 4.74 Å². The van der Waals surface area contributed by atoms with Crippen LogP contribution in [0.1, 0.15) is 51.0 Å². The lowest BCUT2D eigenvalue weighted by atomic mass is 9.74. The van der Waals surface area contributed by atoms with E-state index in [9.17, 15) is 0 Å². The topological polar surface area (TPSA) is 21.3 Å². The molecule has 0 heterocycles.